The number of imidazole rings is 1. The number of benzene rings is 2. The van der Waals surface area contributed by atoms with Crippen molar-refractivity contribution in [1.29, 1.82) is 0 Å². The predicted octanol–water partition coefficient (Wildman–Crippen LogP) is 5.10. The molecule has 10 heteroatoms. The first kappa shape index (κ1) is 28.4. The number of piperazine rings is 1. The lowest BCUT2D eigenvalue weighted by atomic mass is 10.0. The molecule has 1 atom stereocenters. The van der Waals surface area contributed by atoms with Gasteiger partial charge in [0.25, 0.3) is 0 Å². The third-order valence-corrected chi connectivity index (χ3v) is 7.09. The second kappa shape index (κ2) is 11.7. The fourth-order valence-corrected chi connectivity index (χ4v) is 4.93. The van der Waals surface area contributed by atoms with Crippen molar-refractivity contribution in [3.63, 3.8) is 0 Å². The number of carbonyl (C=O) groups excluding carboxylic acids is 1. The van der Waals surface area contributed by atoms with Crippen LogP contribution >= 0.6 is 0 Å². The summed E-state index contributed by atoms with van der Waals surface area (Å²) in [5, 5.41) is 13.6. The average Bonchev–Trinajstić information content (AvgIpc) is 3.40. The van der Waals surface area contributed by atoms with E-state index in [0.29, 0.717) is 43.5 Å². The molecule has 1 aliphatic rings. The molecule has 2 aromatic carbocycles. The van der Waals surface area contributed by atoms with Gasteiger partial charge in [-0.2, -0.15) is 9.97 Å². The molecule has 0 bridgehead atoms. The van der Waals surface area contributed by atoms with E-state index in [1.807, 2.05) is 48.4 Å². The number of ether oxygens (including phenoxy) is 1. The van der Waals surface area contributed by atoms with Crippen molar-refractivity contribution in [2.75, 3.05) is 36.5 Å². The topological polar surface area (TPSA) is 109 Å². The zero-order chi connectivity index (χ0) is 29.1. The molecule has 2 aromatic heterocycles. The van der Waals surface area contributed by atoms with Crippen molar-refractivity contribution in [2.45, 2.75) is 58.8 Å². The first-order valence-electron chi connectivity index (χ1n) is 14.1. The summed E-state index contributed by atoms with van der Waals surface area (Å²) in [6, 6.07) is 18.5. The van der Waals surface area contributed by atoms with Crippen LogP contribution in [0, 0.1) is 0 Å². The summed E-state index contributed by atoms with van der Waals surface area (Å²) in [4.78, 5) is 30.8. The van der Waals surface area contributed by atoms with Gasteiger partial charge in [0.1, 0.15) is 5.60 Å². The summed E-state index contributed by atoms with van der Waals surface area (Å²) in [5.74, 6) is 1.18. The van der Waals surface area contributed by atoms with Crippen LogP contribution in [0.15, 0.2) is 60.9 Å². The van der Waals surface area contributed by atoms with Gasteiger partial charge in [0.15, 0.2) is 17.0 Å². The number of nitrogens with zero attached hydrogens (tertiary/aromatic N) is 6. The highest BCUT2D eigenvalue weighted by atomic mass is 16.6. The molecule has 3 heterocycles. The van der Waals surface area contributed by atoms with Gasteiger partial charge in [-0.1, -0.05) is 54.6 Å². The predicted molar refractivity (Wildman–Crippen MR) is 161 cm³/mol. The van der Waals surface area contributed by atoms with Crippen molar-refractivity contribution in [1.82, 2.24) is 24.4 Å². The second-order valence-electron chi connectivity index (χ2n) is 11.7. The molecule has 4 aromatic rings. The zero-order valence-electron chi connectivity index (χ0n) is 24.4. The molecule has 1 fully saturated rings. The quantitative estimate of drug-likeness (QED) is 0.323. The molecule has 1 unspecified atom stereocenters. The summed E-state index contributed by atoms with van der Waals surface area (Å²) >= 11 is 0. The fourth-order valence-electron chi connectivity index (χ4n) is 4.93. The average molecular weight is 558 g/mol. The minimum atomic E-state index is -0.611. The first-order valence-corrected chi connectivity index (χ1v) is 14.1. The monoisotopic (exact) mass is 557 g/mol. The van der Waals surface area contributed by atoms with Crippen LogP contribution < -0.4 is 10.2 Å². The van der Waals surface area contributed by atoms with Crippen molar-refractivity contribution in [3.8, 4) is 11.1 Å². The molecular formula is C31H39N7O3. The number of hydrogen-bond donors (Lipinski definition) is 2. The number of rotatable bonds is 7. The maximum absolute atomic E-state index is 12.8. The third-order valence-electron chi connectivity index (χ3n) is 7.09. The molecular weight excluding hydrogens is 518 g/mol. The number of hydrogen-bond acceptors (Lipinski definition) is 8. The third kappa shape index (κ3) is 6.43. The van der Waals surface area contributed by atoms with Gasteiger partial charge >= 0.3 is 6.09 Å². The molecule has 0 aliphatic carbocycles. The van der Waals surface area contributed by atoms with Gasteiger partial charge in [0, 0.05) is 32.2 Å². The van der Waals surface area contributed by atoms with Crippen molar-refractivity contribution in [3.05, 3.63) is 66.5 Å². The molecule has 1 saturated heterocycles. The lowest BCUT2D eigenvalue weighted by Gasteiger charge is -2.41. The van der Waals surface area contributed by atoms with E-state index >= 15 is 0 Å². The van der Waals surface area contributed by atoms with Crippen molar-refractivity contribution in [2.24, 2.45) is 0 Å². The largest absolute Gasteiger partial charge is 0.444 e. The highest BCUT2D eigenvalue weighted by Gasteiger charge is 2.34. The normalized spacial score (nSPS) is 15.9. The van der Waals surface area contributed by atoms with Crippen LogP contribution in [0.2, 0.25) is 0 Å². The summed E-state index contributed by atoms with van der Waals surface area (Å²) in [7, 11) is 0. The molecule has 0 saturated carbocycles. The van der Waals surface area contributed by atoms with Gasteiger partial charge in [0.2, 0.25) is 5.95 Å². The van der Waals surface area contributed by atoms with Gasteiger partial charge in [-0.05, 0) is 51.3 Å². The number of anilines is 2. The molecule has 1 aliphatic heterocycles. The highest BCUT2D eigenvalue weighted by molar-refractivity contribution is 5.84. The van der Waals surface area contributed by atoms with Crippen LogP contribution in [-0.2, 0) is 11.3 Å². The summed E-state index contributed by atoms with van der Waals surface area (Å²) < 4.78 is 7.60. The molecule has 0 spiro atoms. The zero-order valence-corrected chi connectivity index (χ0v) is 24.4. The Labute approximate surface area is 241 Å². The SMILES string of the molecule is CC(C)n1cnc2c(NCc3ccc(-c4ccccc4)cc3)nc(N3CCN(C(=O)OC(C)(C)C)C(CO)C3)nc21. The van der Waals surface area contributed by atoms with Gasteiger partial charge in [-0.3, -0.25) is 4.90 Å². The van der Waals surface area contributed by atoms with Crippen LogP contribution in [-0.4, -0.2) is 73.5 Å². The molecule has 0 radical (unpaired) electrons. The Bertz CT molecular complexity index is 1480. The molecule has 1 amide bonds. The molecule has 41 heavy (non-hydrogen) atoms. The molecule has 5 rings (SSSR count). The Kier molecular flexibility index (Phi) is 8.12. The van der Waals surface area contributed by atoms with Gasteiger partial charge in [-0.15, -0.1) is 0 Å². The number of fused-ring (bicyclic) bond motifs is 1. The minimum Gasteiger partial charge on any atom is -0.444 e. The number of nitrogens with one attached hydrogen (secondary N) is 1. The van der Waals surface area contributed by atoms with E-state index in [9.17, 15) is 9.90 Å². The second-order valence-corrected chi connectivity index (χ2v) is 11.7. The van der Waals surface area contributed by atoms with Gasteiger partial charge in [0.05, 0.1) is 19.0 Å². The minimum absolute atomic E-state index is 0.162. The first-order chi connectivity index (χ1) is 19.6. The number of aliphatic hydroxyl groups is 1. The summed E-state index contributed by atoms with van der Waals surface area (Å²) in [6.45, 7) is 11.4. The smallest absolute Gasteiger partial charge is 0.410 e. The number of amides is 1. The maximum atomic E-state index is 12.8. The number of aliphatic hydroxyl groups excluding tert-OH is 1. The molecule has 10 nitrogen and oxygen atoms in total. The Morgan fingerprint density at radius 3 is 2.41 bits per heavy atom. The van der Waals surface area contributed by atoms with Crippen LogP contribution in [0.5, 0.6) is 0 Å². The van der Waals surface area contributed by atoms with Crippen LogP contribution in [0.1, 0.15) is 46.2 Å². The van der Waals surface area contributed by atoms with Crippen LogP contribution in [0.3, 0.4) is 0 Å². The van der Waals surface area contributed by atoms with E-state index in [2.05, 4.69) is 60.5 Å². The summed E-state index contributed by atoms with van der Waals surface area (Å²) in [5.41, 5.74) is 4.30. The lowest BCUT2D eigenvalue weighted by molar-refractivity contribution is 0.00694. The fraction of sp³-hybridized carbons (Fsp3) is 0.419. The van der Waals surface area contributed by atoms with Crippen molar-refractivity contribution >= 4 is 29.0 Å². The van der Waals surface area contributed by atoms with E-state index in [1.54, 1.807) is 11.2 Å². The Balaban J connectivity index is 1.38. The standard InChI is InChI=1S/C31H39N7O3/c1-21(2)38-20-33-26-27(32-17-22-11-13-24(14-12-22)23-9-7-6-8-10-23)34-29(35-28(26)38)36-15-16-37(25(18-36)19-39)30(40)41-31(3,4)5/h6-14,20-21,25,39H,15-19H2,1-5H3,(H,32,34,35). The Morgan fingerprint density at radius 1 is 1.05 bits per heavy atom. The molecule has 216 valence electrons. The lowest BCUT2D eigenvalue weighted by Crippen LogP contribution is -2.57. The number of carbonyl (C=O) groups is 1. The van der Waals surface area contributed by atoms with Crippen LogP contribution in [0.4, 0.5) is 16.6 Å². The van der Waals surface area contributed by atoms with E-state index in [0.717, 1.165) is 11.2 Å². The summed E-state index contributed by atoms with van der Waals surface area (Å²) in [6.07, 6.45) is 1.37. The Morgan fingerprint density at radius 2 is 1.76 bits per heavy atom. The Hall–Kier alpha value is -4.18. The molecule has 2 N–H and O–H groups in total. The van der Waals surface area contributed by atoms with Gasteiger partial charge in [-0.25, -0.2) is 9.78 Å². The number of aromatic nitrogens is 4. The van der Waals surface area contributed by atoms with E-state index < -0.39 is 17.7 Å². The van der Waals surface area contributed by atoms with E-state index in [-0.39, 0.29) is 12.6 Å². The van der Waals surface area contributed by atoms with Crippen LogP contribution in [0.25, 0.3) is 22.3 Å². The van der Waals surface area contributed by atoms with E-state index in [4.69, 9.17) is 14.7 Å². The van der Waals surface area contributed by atoms with E-state index in [1.165, 1.54) is 11.1 Å². The maximum Gasteiger partial charge on any atom is 0.410 e. The highest BCUT2D eigenvalue weighted by Crippen LogP contribution is 2.27. The van der Waals surface area contributed by atoms with Crippen molar-refractivity contribution < 1.29 is 14.6 Å². The van der Waals surface area contributed by atoms with Gasteiger partial charge < -0.3 is 24.6 Å².